The van der Waals surface area contributed by atoms with Crippen molar-refractivity contribution in [3.63, 3.8) is 0 Å². The van der Waals surface area contributed by atoms with Crippen LogP contribution in [0.5, 0.6) is 0 Å². The van der Waals surface area contributed by atoms with Crippen molar-refractivity contribution < 1.29 is 4.39 Å². The lowest BCUT2D eigenvalue weighted by Crippen LogP contribution is -2.02. The Kier molecular flexibility index (Phi) is 2.82. The second kappa shape index (κ2) is 4.82. The lowest BCUT2D eigenvalue weighted by Gasteiger charge is -2.04. The van der Waals surface area contributed by atoms with Crippen LogP contribution in [0.2, 0.25) is 0 Å². The van der Waals surface area contributed by atoms with Crippen LogP contribution in [-0.4, -0.2) is 14.6 Å². The SMILES string of the molecule is Fc1ccc2nc(NCc3ccc4c(c3)CNC4)nn2c1. The fourth-order valence-electron chi connectivity index (χ4n) is 2.57. The summed E-state index contributed by atoms with van der Waals surface area (Å²) in [6.07, 6.45) is 1.31. The molecule has 21 heavy (non-hydrogen) atoms. The maximum absolute atomic E-state index is 13.1. The molecule has 3 heterocycles. The van der Waals surface area contributed by atoms with Crippen molar-refractivity contribution in [1.29, 1.82) is 0 Å². The van der Waals surface area contributed by atoms with Crippen molar-refractivity contribution in [3.8, 4) is 0 Å². The molecule has 2 N–H and O–H groups in total. The highest BCUT2D eigenvalue weighted by Crippen LogP contribution is 2.17. The third-order valence-electron chi connectivity index (χ3n) is 3.65. The summed E-state index contributed by atoms with van der Waals surface area (Å²) in [6.45, 7) is 2.52. The molecular formula is C15H14FN5. The van der Waals surface area contributed by atoms with Crippen LogP contribution in [0.1, 0.15) is 16.7 Å². The van der Waals surface area contributed by atoms with Gasteiger partial charge in [0.05, 0.1) is 6.20 Å². The predicted molar refractivity (Wildman–Crippen MR) is 77.3 cm³/mol. The van der Waals surface area contributed by atoms with E-state index in [9.17, 15) is 4.39 Å². The van der Waals surface area contributed by atoms with Gasteiger partial charge in [-0.2, -0.15) is 4.98 Å². The number of pyridine rings is 1. The molecule has 2 aromatic heterocycles. The minimum absolute atomic E-state index is 0.329. The molecule has 3 aromatic rings. The van der Waals surface area contributed by atoms with Crippen LogP contribution in [0, 0.1) is 5.82 Å². The summed E-state index contributed by atoms with van der Waals surface area (Å²) in [5, 5.41) is 10.7. The minimum atomic E-state index is -0.329. The smallest absolute Gasteiger partial charge is 0.243 e. The fourth-order valence-corrected chi connectivity index (χ4v) is 2.57. The van der Waals surface area contributed by atoms with Crippen LogP contribution in [0.25, 0.3) is 5.65 Å². The van der Waals surface area contributed by atoms with Gasteiger partial charge in [-0.3, -0.25) is 0 Å². The number of benzene rings is 1. The normalized spacial score (nSPS) is 13.6. The molecule has 0 aliphatic carbocycles. The van der Waals surface area contributed by atoms with Crippen molar-refractivity contribution in [3.05, 3.63) is 59.0 Å². The molecular weight excluding hydrogens is 269 g/mol. The second-order valence-electron chi connectivity index (χ2n) is 5.15. The molecule has 1 aromatic carbocycles. The van der Waals surface area contributed by atoms with Crippen molar-refractivity contribution in [1.82, 2.24) is 19.9 Å². The fraction of sp³-hybridized carbons (Fsp3) is 0.200. The van der Waals surface area contributed by atoms with Gasteiger partial charge in [0.15, 0.2) is 5.65 Å². The Balaban J connectivity index is 1.52. The van der Waals surface area contributed by atoms with Gasteiger partial charge in [0.1, 0.15) is 5.82 Å². The molecule has 6 heteroatoms. The van der Waals surface area contributed by atoms with E-state index in [-0.39, 0.29) is 5.82 Å². The number of rotatable bonds is 3. The molecule has 5 nitrogen and oxygen atoms in total. The number of hydrogen-bond acceptors (Lipinski definition) is 4. The van der Waals surface area contributed by atoms with Crippen LogP contribution in [0.4, 0.5) is 10.3 Å². The molecule has 0 bridgehead atoms. The number of nitrogens with one attached hydrogen (secondary N) is 2. The number of aromatic nitrogens is 3. The van der Waals surface area contributed by atoms with E-state index < -0.39 is 0 Å². The molecule has 0 fully saturated rings. The Morgan fingerprint density at radius 1 is 1.19 bits per heavy atom. The van der Waals surface area contributed by atoms with Gasteiger partial charge in [0, 0.05) is 19.6 Å². The maximum atomic E-state index is 13.1. The summed E-state index contributed by atoms with van der Waals surface area (Å²) in [4.78, 5) is 4.30. The average molecular weight is 283 g/mol. The van der Waals surface area contributed by atoms with Crippen LogP contribution < -0.4 is 10.6 Å². The zero-order valence-electron chi connectivity index (χ0n) is 11.3. The van der Waals surface area contributed by atoms with Crippen molar-refractivity contribution in [2.45, 2.75) is 19.6 Å². The first kappa shape index (κ1) is 12.3. The predicted octanol–water partition coefficient (Wildman–Crippen LogP) is 2.08. The van der Waals surface area contributed by atoms with Gasteiger partial charge < -0.3 is 10.6 Å². The maximum Gasteiger partial charge on any atom is 0.243 e. The summed E-state index contributed by atoms with van der Waals surface area (Å²) in [6, 6.07) is 9.43. The monoisotopic (exact) mass is 283 g/mol. The molecule has 0 saturated carbocycles. The average Bonchev–Trinajstić information content (AvgIpc) is 3.09. The third kappa shape index (κ3) is 2.34. The number of fused-ring (bicyclic) bond motifs is 2. The van der Waals surface area contributed by atoms with Crippen LogP contribution >= 0.6 is 0 Å². The Bertz CT molecular complexity index is 811. The summed E-state index contributed by atoms with van der Waals surface area (Å²) >= 11 is 0. The number of hydrogen-bond donors (Lipinski definition) is 2. The first-order chi connectivity index (χ1) is 10.3. The lowest BCUT2D eigenvalue weighted by atomic mass is 10.1. The van der Waals surface area contributed by atoms with Crippen molar-refractivity contribution in [2.75, 3.05) is 5.32 Å². The highest BCUT2D eigenvalue weighted by atomic mass is 19.1. The second-order valence-corrected chi connectivity index (χ2v) is 5.15. The van der Waals surface area contributed by atoms with E-state index >= 15 is 0 Å². The molecule has 1 aliphatic heterocycles. The zero-order chi connectivity index (χ0) is 14.2. The van der Waals surface area contributed by atoms with E-state index in [2.05, 4.69) is 38.9 Å². The molecule has 0 saturated heterocycles. The minimum Gasteiger partial charge on any atom is -0.349 e. The topological polar surface area (TPSA) is 54.2 Å². The highest BCUT2D eigenvalue weighted by molar-refractivity contribution is 5.44. The summed E-state index contributed by atoms with van der Waals surface area (Å²) in [7, 11) is 0. The van der Waals surface area contributed by atoms with E-state index in [1.165, 1.54) is 33.5 Å². The van der Waals surface area contributed by atoms with E-state index in [4.69, 9.17) is 0 Å². The molecule has 0 radical (unpaired) electrons. The van der Waals surface area contributed by atoms with E-state index in [1.807, 2.05) is 0 Å². The molecule has 0 unspecified atom stereocenters. The summed E-state index contributed by atoms with van der Waals surface area (Å²) in [5.41, 5.74) is 4.51. The largest absolute Gasteiger partial charge is 0.349 e. The molecule has 0 spiro atoms. The zero-order valence-corrected chi connectivity index (χ0v) is 11.3. The molecule has 0 amide bonds. The first-order valence-electron chi connectivity index (χ1n) is 6.85. The number of nitrogens with zero attached hydrogens (tertiary/aromatic N) is 3. The Morgan fingerprint density at radius 2 is 2.10 bits per heavy atom. The van der Waals surface area contributed by atoms with Crippen molar-refractivity contribution >= 4 is 11.6 Å². The van der Waals surface area contributed by atoms with Gasteiger partial charge in [0.25, 0.3) is 0 Å². The van der Waals surface area contributed by atoms with Gasteiger partial charge in [-0.15, -0.1) is 5.10 Å². The lowest BCUT2D eigenvalue weighted by molar-refractivity contribution is 0.615. The highest BCUT2D eigenvalue weighted by Gasteiger charge is 2.10. The van der Waals surface area contributed by atoms with E-state index in [0.29, 0.717) is 18.1 Å². The molecule has 4 rings (SSSR count). The Hall–Kier alpha value is -2.47. The van der Waals surface area contributed by atoms with Gasteiger partial charge in [-0.25, -0.2) is 8.91 Å². The van der Waals surface area contributed by atoms with Gasteiger partial charge in [-0.05, 0) is 28.8 Å². The first-order valence-corrected chi connectivity index (χ1v) is 6.85. The molecule has 1 aliphatic rings. The standard InChI is InChI=1S/C15H14FN5/c16-13-3-4-14-19-15(20-21(14)9-13)18-6-10-1-2-11-7-17-8-12(11)5-10/h1-5,9,17H,6-8H2,(H,18,20). The van der Waals surface area contributed by atoms with Gasteiger partial charge in [-0.1, -0.05) is 18.2 Å². The summed E-state index contributed by atoms with van der Waals surface area (Å²) in [5.74, 6) is 0.171. The van der Waals surface area contributed by atoms with Crippen LogP contribution in [0.15, 0.2) is 36.5 Å². The third-order valence-corrected chi connectivity index (χ3v) is 3.65. The number of anilines is 1. The Morgan fingerprint density at radius 3 is 3.05 bits per heavy atom. The van der Waals surface area contributed by atoms with Gasteiger partial charge in [0.2, 0.25) is 5.95 Å². The van der Waals surface area contributed by atoms with Crippen LogP contribution in [0.3, 0.4) is 0 Å². The molecule has 0 atom stereocenters. The summed E-state index contributed by atoms with van der Waals surface area (Å²) < 4.78 is 14.5. The Labute approximate surface area is 120 Å². The van der Waals surface area contributed by atoms with Gasteiger partial charge >= 0.3 is 0 Å². The van der Waals surface area contributed by atoms with E-state index in [0.717, 1.165) is 13.1 Å². The van der Waals surface area contributed by atoms with E-state index in [1.54, 1.807) is 6.07 Å². The van der Waals surface area contributed by atoms with Crippen LogP contribution in [-0.2, 0) is 19.6 Å². The number of halogens is 1. The van der Waals surface area contributed by atoms with Crippen molar-refractivity contribution in [2.24, 2.45) is 0 Å². The molecule has 106 valence electrons. The quantitative estimate of drug-likeness (QED) is 0.773.